The molecule has 0 spiro atoms. The second kappa shape index (κ2) is 9.57. The topological polar surface area (TPSA) is 95.9 Å². The van der Waals surface area contributed by atoms with Gasteiger partial charge in [0.05, 0.1) is 0 Å². The molecule has 0 radical (unpaired) electrons. The highest BCUT2D eigenvalue weighted by Crippen LogP contribution is 2.44. The van der Waals surface area contributed by atoms with Crippen molar-refractivity contribution in [1.82, 2.24) is 10.2 Å². The lowest BCUT2D eigenvalue weighted by Crippen LogP contribution is -2.61. The number of rotatable bonds is 5. The molecule has 7 nitrogen and oxygen atoms in total. The maximum absolute atomic E-state index is 13.7. The Balaban J connectivity index is 1.47. The van der Waals surface area contributed by atoms with Crippen LogP contribution in [0.4, 0.5) is 18.0 Å². The van der Waals surface area contributed by atoms with Crippen LogP contribution in [0.2, 0.25) is 0 Å². The zero-order valence-electron chi connectivity index (χ0n) is 17.7. The van der Waals surface area contributed by atoms with Gasteiger partial charge in [0.15, 0.2) is 0 Å². The first-order valence-corrected chi connectivity index (χ1v) is 11.6. The lowest BCUT2D eigenvalue weighted by Gasteiger charge is -2.35. The molecule has 1 aliphatic carbocycles. The van der Waals surface area contributed by atoms with Crippen molar-refractivity contribution in [2.24, 2.45) is 0 Å². The first kappa shape index (κ1) is 23.9. The number of carbonyl (C=O) groups is 3. The number of aliphatic carboxylic acids is 1. The average Bonchev–Trinajstić information content (AvgIpc) is 3.14. The molecule has 2 aromatic rings. The standard InChI is InChI=1S/C23H21F3N2O5S/c24-23(25,26)19(20(29)28-9-10-34-12-18(28)21(30)31)27-22(32)33-11-17-15-7-3-1-5-13(15)14-6-2-4-8-16(14)17/h1-8,17-19H,9-12H2,(H,27,32)(H,30,31). The molecule has 1 fully saturated rings. The third kappa shape index (κ3) is 4.70. The van der Waals surface area contributed by atoms with Gasteiger partial charge in [0.2, 0.25) is 6.04 Å². The molecular weight excluding hydrogens is 473 g/mol. The SMILES string of the molecule is O=C(NC(C(=O)N1CCSCC1C(=O)O)C(F)(F)F)OCC1c2ccccc2-c2ccccc21. The van der Waals surface area contributed by atoms with E-state index in [1.165, 1.54) is 11.8 Å². The van der Waals surface area contributed by atoms with Crippen molar-refractivity contribution in [2.75, 3.05) is 24.7 Å². The largest absolute Gasteiger partial charge is 0.480 e. The van der Waals surface area contributed by atoms with Crippen molar-refractivity contribution >= 4 is 29.7 Å². The number of alkyl carbamates (subject to hydrolysis) is 1. The minimum atomic E-state index is -5.13. The first-order valence-electron chi connectivity index (χ1n) is 10.5. The summed E-state index contributed by atoms with van der Waals surface area (Å²) in [6.45, 7) is -0.393. The fourth-order valence-corrected chi connectivity index (χ4v) is 5.32. The molecule has 2 N–H and O–H groups in total. The molecule has 180 valence electrons. The van der Waals surface area contributed by atoms with E-state index in [4.69, 9.17) is 4.74 Å². The number of carboxylic acids is 1. The lowest BCUT2D eigenvalue weighted by atomic mass is 9.98. The van der Waals surface area contributed by atoms with Crippen molar-refractivity contribution in [1.29, 1.82) is 0 Å². The summed E-state index contributed by atoms with van der Waals surface area (Å²) >= 11 is 1.23. The summed E-state index contributed by atoms with van der Waals surface area (Å²) in [6.07, 6.45) is -6.54. The smallest absolute Gasteiger partial charge is 0.417 e. The molecule has 1 saturated heterocycles. The molecule has 11 heteroatoms. The number of hydrogen-bond donors (Lipinski definition) is 2. The molecule has 4 rings (SSSR count). The highest BCUT2D eigenvalue weighted by Gasteiger charge is 2.50. The van der Waals surface area contributed by atoms with Crippen molar-refractivity contribution in [3.63, 3.8) is 0 Å². The Kier molecular flexibility index (Phi) is 6.74. The highest BCUT2D eigenvalue weighted by atomic mass is 32.2. The summed E-state index contributed by atoms with van der Waals surface area (Å²) in [5.41, 5.74) is 3.68. The van der Waals surface area contributed by atoms with E-state index in [-0.39, 0.29) is 24.8 Å². The maximum Gasteiger partial charge on any atom is 0.417 e. The summed E-state index contributed by atoms with van der Waals surface area (Å²) in [7, 11) is 0. The number of amides is 2. The molecule has 0 saturated carbocycles. The third-order valence-corrected chi connectivity index (χ3v) is 6.90. The van der Waals surface area contributed by atoms with Gasteiger partial charge in [0.1, 0.15) is 12.6 Å². The molecule has 2 aromatic carbocycles. The summed E-state index contributed by atoms with van der Waals surface area (Å²) in [6, 6.07) is 10.6. The minimum Gasteiger partial charge on any atom is -0.480 e. The third-order valence-electron chi connectivity index (χ3n) is 5.88. The Morgan fingerprint density at radius 3 is 2.24 bits per heavy atom. The van der Waals surface area contributed by atoms with E-state index in [0.29, 0.717) is 10.7 Å². The Labute approximate surface area is 197 Å². The number of thioether (sulfide) groups is 1. The maximum atomic E-state index is 13.7. The first-order chi connectivity index (χ1) is 16.2. The van der Waals surface area contributed by atoms with Crippen LogP contribution in [0, 0.1) is 0 Å². The van der Waals surface area contributed by atoms with Crippen LogP contribution in [0.25, 0.3) is 11.1 Å². The monoisotopic (exact) mass is 494 g/mol. The van der Waals surface area contributed by atoms with Gasteiger partial charge >= 0.3 is 18.2 Å². The van der Waals surface area contributed by atoms with E-state index in [9.17, 15) is 32.7 Å². The summed E-state index contributed by atoms with van der Waals surface area (Å²) in [4.78, 5) is 37.1. The van der Waals surface area contributed by atoms with Gasteiger partial charge in [-0.15, -0.1) is 0 Å². The van der Waals surface area contributed by atoms with E-state index in [1.807, 2.05) is 48.5 Å². The molecule has 1 aliphatic heterocycles. The number of fused-ring (bicyclic) bond motifs is 3. The second-order valence-corrected chi connectivity index (χ2v) is 9.05. The number of ether oxygens (including phenoxy) is 1. The lowest BCUT2D eigenvalue weighted by molar-refractivity contribution is -0.177. The number of alkyl halides is 3. The van der Waals surface area contributed by atoms with Crippen LogP contribution in [-0.2, 0) is 14.3 Å². The van der Waals surface area contributed by atoms with Gasteiger partial charge < -0.3 is 20.1 Å². The van der Waals surface area contributed by atoms with Gasteiger partial charge in [-0.2, -0.15) is 24.9 Å². The van der Waals surface area contributed by atoms with Gasteiger partial charge in [-0.05, 0) is 22.3 Å². The Bertz CT molecular complexity index is 1060. The molecule has 2 amide bonds. The summed E-state index contributed by atoms with van der Waals surface area (Å²) in [5, 5.41) is 10.9. The average molecular weight is 494 g/mol. The fourth-order valence-electron chi connectivity index (χ4n) is 4.28. The van der Waals surface area contributed by atoms with Crippen LogP contribution in [0.3, 0.4) is 0 Å². The number of nitrogens with one attached hydrogen (secondary N) is 1. The number of carbonyl (C=O) groups excluding carboxylic acids is 2. The van der Waals surface area contributed by atoms with Gasteiger partial charge in [-0.1, -0.05) is 48.5 Å². The van der Waals surface area contributed by atoms with Gasteiger partial charge in [-0.3, -0.25) is 4.79 Å². The van der Waals surface area contributed by atoms with Crippen molar-refractivity contribution in [3.8, 4) is 11.1 Å². The van der Waals surface area contributed by atoms with Crippen LogP contribution in [0.5, 0.6) is 0 Å². The second-order valence-electron chi connectivity index (χ2n) is 7.91. The Morgan fingerprint density at radius 1 is 1.09 bits per heavy atom. The van der Waals surface area contributed by atoms with Crippen LogP contribution < -0.4 is 5.32 Å². The molecule has 0 aromatic heterocycles. The van der Waals surface area contributed by atoms with Crippen molar-refractivity contribution in [2.45, 2.75) is 24.2 Å². The van der Waals surface area contributed by atoms with E-state index >= 15 is 0 Å². The molecular formula is C23H21F3N2O5S. The molecule has 34 heavy (non-hydrogen) atoms. The molecule has 2 atom stereocenters. The number of nitrogens with zero attached hydrogens (tertiary/aromatic N) is 1. The summed E-state index contributed by atoms with van der Waals surface area (Å²) < 4.78 is 46.2. The van der Waals surface area contributed by atoms with E-state index in [0.717, 1.165) is 22.3 Å². The normalized spacial score (nSPS) is 18.6. The van der Waals surface area contributed by atoms with E-state index in [1.54, 1.807) is 5.32 Å². The minimum absolute atomic E-state index is 0.0312. The summed E-state index contributed by atoms with van der Waals surface area (Å²) in [5.74, 6) is -3.02. The van der Waals surface area contributed by atoms with Crippen molar-refractivity contribution in [3.05, 3.63) is 59.7 Å². The van der Waals surface area contributed by atoms with Crippen LogP contribution in [-0.4, -0.2) is 70.9 Å². The number of halogens is 3. The van der Waals surface area contributed by atoms with Gasteiger partial charge in [0, 0.05) is 24.0 Å². The predicted octanol–water partition coefficient (Wildman–Crippen LogP) is 3.48. The van der Waals surface area contributed by atoms with Gasteiger partial charge in [0.25, 0.3) is 5.91 Å². The number of hydrogen-bond acceptors (Lipinski definition) is 5. The highest BCUT2D eigenvalue weighted by molar-refractivity contribution is 7.99. The van der Waals surface area contributed by atoms with Gasteiger partial charge in [-0.25, -0.2) is 9.59 Å². The van der Waals surface area contributed by atoms with E-state index < -0.39 is 36.2 Å². The quantitative estimate of drug-likeness (QED) is 0.661. The Hall–Kier alpha value is -3.21. The fraction of sp³-hybridized carbons (Fsp3) is 0.348. The van der Waals surface area contributed by atoms with Crippen molar-refractivity contribution < 1.29 is 37.4 Å². The number of benzene rings is 2. The predicted molar refractivity (Wildman–Crippen MR) is 119 cm³/mol. The zero-order valence-corrected chi connectivity index (χ0v) is 18.6. The van der Waals surface area contributed by atoms with E-state index in [2.05, 4.69) is 0 Å². The van der Waals surface area contributed by atoms with Crippen LogP contribution in [0.15, 0.2) is 48.5 Å². The molecule has 2 unspecified atom stereocenters. The molecule has 0 bridgehead atoms. The Morgan fingerprint density at radius 2 is 1.68 bits per heavy atom. The molecule has 2 aliphatic rings. The zero-order chi connectivity index (χ0) is 24.5. The van der Waals surface area contributed by atoms with Crippen LogP contribution >= 0.6 is 11.8 Å². The van der Waals surface area contributed by atoms with Crippen LogP contribution in [0.1, 0.15) is 17.0 Å². The number of carboxylic acid groups (broad SMARTS) is 1. The molecule has 1 heterocycles.